The maximum absolute atomic E-state index is 11.2. The van der Waals surface area contributed by atoms with Gasteiger partial charge in [-0.1, -0.05) is 13.2 Å². The van der Waals surface area contributed by atoms with Gasteiger partial charge in [-0.2, -0.15) is 0 Å². The molecule has 1 unspecified atom stereocenters. The van der Waals surface area contributed by atoms with Crippen molar-refractivity contribution in [2.75, 3.05) is 13.2 Å². The second-order valence-corrected chi connectivity index (χ2v) is 3.17. The molecule has 90 valence electrons. The van der Waals surface area contributed by atoms with Crippen LogP contribution in [-0.2, 0) is 19.1 Å². The van der Waals surface area contributed by atoms with E-state index in [1.807, 2.05) is 0 Å². The Morgan fingerprint density at radius 3 is 2.56 bits per heavy atom. The van der Waals surface area contributed by atoms with Gasteiger partial charge in [0.05, 0.1) is 12.7 Å². The van der Waals surface area contributed by atoms with E-state index in [9.17, 15) is 9.59 Å². The molecule has 0 amide bonds. The highest BCUT2D eigenvalue weighted by atomic mass is 16.5. The van der Waals surface area contributed by atoms with E-state index in [-0.39, 0.29) is 25.2 Å². The van der Waals surface area contributed by atoms with Crippen LogP contribution in [0.25, 0.3) is 0 Å². The molecule has 0 aromatic carbocycles. The van der Waals surface area contributed by atoms with E-state index >= 15 is 0 Å². The van der Waals surface area contributed by atoms with E-state index in [1.54, 1.807) is 0 Å². The van der Waals surface area contributed by atoms with Crippen LogP contribution >= 0.6 is 0 Å². The predicted octanol–water partition coefficient (Wildman–Crippen LogP) is 0.586. The van der Waals surface area contributed by atoms with Gasteiger partial charge in [0, 0.05) is 18.1 Å². The number of aliphatic hydroxyl groups excluding tert-OH is 1. The third kappa shape index (κ3) is 6.78. The normalized spacial score (nSPS) is 11.4. The molecule has 0 bridgehead atoms. The highest BCUT2D eigenvalue weighted by molar-refractivity contribution is 5.87. The van der Waals surface area contributed by atoms with E-state index < -0.39 is 18.0 Å². The summed E-state index contributed by atoms with van der Waals surface area (Å²) in [4.78, 5) is 21.9. The van der Waals surface area contributed by atoms with Crippen molar-refractivity contribution in [3.05, 3.63) is 24.8 Å². The van der Waals surface area contributed by atoms with Crippen molar-refractivity contribution in [2.45, 2.75) is 19.4 Å². The third-order valence-corrected chi connectivity index (χ3v) is 1.56. The van der Waals surface area contributed by atoms with Crippen LogP contribution in [0.2, 0.25) is 0 Å². The van der Waals surface area contributed by atoms with Gasteiger partial charge < -0.3 is 14.6 Å². The number of carbonyl (C=O) groups is 2. The molecule has 0 aromatic rings. The fraction of sp³-hybridized carbons (Fsp3) is 0.455. The molecule has 5 nitrogen and oxygen atoms in total. The largest absolute Gasteiger partial charge is 0.462 e. The van der Waals surface area contributed by atoms with Crippen LogP contribution in [0.3, 0.4) is 0 Å². The smallest absolute Gasteiger partial charge is 0.333 e. The van der Waals surface area contributed by atoms with Gasteiger partial charge in [0.1, 0.15) is 6.61 Å². The fourth-order valence-corrected chi connectivity index (χ4v) is 0.734. The summed E-state index contributed by atoms with van der Waals surface area (Å²) in [5.41, 5.74) is 0.192. The first kappa shape index (κ1) is 14.4. The molecule has 0 saturated carbocycles. The summed E-state index contributed by atoms with van der Waals surface area (Å²) in [6.45, 7) is 8.18. The maximum atomic E-state index is 11.2. The van der Waals surface area contributed by atoms with Crippen molar-refractivity contribution < 1.29 is 24.2 Å². The van der Waals surface area contributed by atoms with Crippen molar-refractivity contribution in [1.29, 1.82) is 0 Å². The summed E-state index contributed by atoms with van der Waals surface area (Å²) in [5.74, 6) is -1.15. The maximum Gasteiger partial charge on any atom is 0.333 e. The van der Waals surface area contributed by atoms with E-state index in [0.717, 1.165) is 6.08 Å². The lowest BCUT2D eigenvalue weighted by Crippen LogP contribution is -2.17. The minimum atomic E-state index is -0.713. The molecule has 0 spiro atoms. The van der Waals surface area contributed by atoms with Crippen molar-refractivity contribution in [1.82, 2.24) is 0 Å². The van der Waals surface area contributed by atoms with Crippen LogP contribution in [0.5, 0.6) is 0 Å². The standard InChI is InChI=1S/C11H16O5/c1-4-10(13)15-6-5-8(2)11(14)16-7-9(3)12/h4,9,12H,1-2,5-7H2,3H3. The van der Waals surface area contributed by atoms with Gasteiger partial charge in [-0.3, -0.25) is 0 Å². The number of rotatable bonds is 7. The molecule has 5 heteroatoms. The predicted molar refractivity (Wildman–Crippen MR) is 57.6 cm³/mol. The topological polar surface area (TPSA) is 72.8 Å². The van der Waals surface area contributed by atoms with Crippen LogP contribution in [0.15, 0.2) is 24.8 Å². The number of ether oxygens (including phenoxy) is 2. The lowest BCUT2D eigenvalue weighted by Gasteiger charge is -2.08. The summed E-state index contributed by atoms with van der Waals surface area (Å²) in [6.07, 6.45) is 0.516. The monoisotopic (exact) mass is 228 g/mol. The van der Waals surface area contributed by atoms with Crippen molar-refractivity contribution in [2.24, 2.45) is 0 Å². The minimum Gasteiger partial charge on any atom is -0.462 e. The number of carbonyl (C=O) groups excluding carboxylic acids is 2. The number of esters is 2. The Balaban J connectivity index is 3.75. The first-order valence-corrected chi connectivity index (χ1v) is 4.79. The van der Waals surface area contributed by atoms with Gasteiger partial charge >= 0.3 is 11.9 Å². The van der Waals surface area contributed by atoms with Gasteiger partial charge in [0.25, 0.3) is 0 Å². The van der Waals surface area contributed by atoms with Crippen molar-refractivity contribution in [3.8, 4) is 0 Å². The molecular formula is C11H16O5. The second-order valence-electron chi connectivity index (χ2n) is 3.17. The minimum absolute atomic E-state index is 0.0491. The van der Waals surface area contributed by atoms with E-state index in [4.69, 9.17) is 9.84 Å². The SMILES string of the molecule is C=CC(=O)OCCC(=C)C(=O)OCC(C)O. The van der Waals surface area contributed by atoms with Crippen LogP contribution in [0, 0.1) is 0 Å². The Bertz CT molecular complexity index is 280. The van der Waals surface area contributed by atoms with E-state index in [1.165, 1.54) is 6.92 Å². The lowest BCUT2D eigenvalue weighted by atomic mass is 10.2. The molecule has 0 radical (unpaired) electrons. The molecule has 0 fully saturated rings. The Morgan fingerprint density at radius 1 is 1.44 bits per heavy atom. The summed E-state index contributed by atoms with van der Waals surface area (Å²) in [5, 5.41) is 8.88. The zero-order chi connectivity index (χ0) is 12.6. The van der Waals surface area contributed by atoms with E-state index in [0.29, 0.717) is 0 Å². The van der Waals surface area contributed by atoms with Crippen LogP contribution < -0.4 is 0 Å². The molecule has 1 atom stereocenters. The third-order valence-electron chi connectivity index (χ3n) is 1.56. The molecule has 0 saturated heterocycles. The first-order chi connectivity index (χ1) is 7.47. The Kier molecular flexibility index (Phi) is 6.87. The van der Waals surface area contributed by atoms with Crippen molar-refractivity contribution >= 4 is 11.9 Å². The van der Waals surface area contributed by atoms with E-state index in [2.05, 4.69) is 17.9 Å². The first-order valence-electron chi connectivity index (χ1n) is 4.79. The fourth-order valence-electron chi connectivity index (χ4n) is 0.734. The number of aliphatic hydroxyl groups is 1. The Labute approximate surface area is 94.4 Å². The van der Waals surface area contributed by atoms with Gasteiger partial charge in [0.15, 0.2) is 0 Å². The molecular weight excluding hydrogens is 212 g/mol. The second kappa shape index (κ2) is 7.64. The van der Waals surface area contributed by atoms with Crippen LogP contribution in [0.4, 0.5) is 0 Å². The highest BCUT2D eigenvalue weighted by Gasteiger charge is 2.10. The summed E-state index contributed by atoms with van der Waals surface area (Å²) in [7, 11) is 0. The molecule has 0 aliphatic heterocycles. The molecule has 0 heterocycles. The average Bonchev–Trinajstić information content (AvgIpc) is 2.25. The summed E-state index contributed by atoms with van der Waals surface area (Å²) < 4.78 is 9.36. The lowest BCUT2D eigenvalue weighted by molar-refractivity contribution is -0.143. The number of hydrogen-bond donors (Lipinski definition) is 1. The van der Waals surface area contributed by atoms with Gasteiger partial charge in [-0.15, -0.1) is 0 Å². The molecule has 1 N–H and O–H groups in total. The zero-order valence-electron chi connectivity index (χ0n) is 9.27. The van der Waals surface area contributed by atoms with Gasteiger partial charge in [-0.25, -0.2) is 9.59 Å². The van der Waals surface area contributed by atoms with Gasteiger partial charge in [0.2, 0.25) is 0 Å². The molecule has 16 heavy (non-hydrogen) atoms. The quantitative estimate of drug-likeness (QED) is 0.510. The number of hydrogen-bond acceptors (Lipinski definition) is 5. The molecule has 0 aliphatic carbocycles. The average molecular weight is 228 g/mol. The molecule has 0 rings (SSSR count). The Morgan fingerprint density at radius 2 is 2.06 bits per heavy atom. The van der Waals surface area contributed by atoms with Gasteiger partial charge in [-0.05, 0) is 6.92 Å². The Hall–Kier alpha value is -1.62. The van der Waals surface area contributed by atoms with Crippen LogP contribution in [0.1, 0.15) is 13.3 Å². The summed E-state index contributed by atoms with van der Waals surface area (Å²) in [6, 6.07) is 0. The van der Waals surface area contributed by atoms with Crippen LogP contribution in [-0.4, -0.2) is 36.4 Å². The molecule has 0 aliphatic rings. The highest BCUT2D eigenvalue weighted by Crippen LogP contribution is 2.02. The zero-order valence-corrected chi connectivity index (χ0v) is 9.27. The summed E-state index contributed by atoms with van der Waals surface area (Å²) >= 11 is 0. The van der Waals surface area contributed by atoms with Crippen molar-refractivity contribution in [3.63, 3.8) is 0 Å². The molecule has 0 aromatic heterocycles.